The zero-order valence-electron chi connectivity index (χ0n) is 12.2. The van der Waals surface area contributed by atoms with Crippen LogP contribution >= 0.6 is 0 Å². The molecule has 6 nitrogen and oxygen atoms in total. The molecule has 0 fully saturated rings. The van der Waals surface area contributed by atoms with E-state index in [2.05, 4.69) is 16.0 Å². The highest BCUT2D eigenvalue weighted by atomic mass is 16.2. The summed E-state index contributed by atoms with van der Waals surface area (Å²) in [6.07, 6.45) is 0.419. The van der Waals surface area contributed by atoms with E-state index in [4.69, 9.17) is 0 Å². The van der Waals surface area contributed by atoms with Crippen LogP contribution in [0.2, 0.25) is 0 Å². The average Bonchev–Trinajstić information content (AvgIpc) is 2.38. The van der Waals surface area contributed by atoms with Crippen molar-refractivity contribution >= 4 is 23.3 Å². The van der Waals surface area contributed by atoms with E-state index in [0.29, 0.717) is 24.3 Å². The second-order valence-corrected chi connectivity index (χ2v) is 4.67. The SMILES string of the molecule is CCC(=O)Nc1cccc(NC(=O)NCCN(C)C)c1. The number of urea groups is 1. The van der Waals surface area contributed by atoms with E-state index < -0.39 is 0 Å². The Hall–Kier alpha value is -2.08. The molecule has 0 bridgehead atoms. The van der Waals surface area contributed by atoms with E-state index in [9.17, 15) is 9.59 Å². The highest BCUT2D eigenvalue weighted by molar-refractivity contribution is 5.93. The number of nitrogens with one attached hydrogen (secondary N) is 3. The van der Waals surface area contributed by atoms with Gasteiger partial charge in [-0.15, -0.1) is 0 Å². The minimum absolute atomic E-state index is 0.0578. The van der Waals surface area contributed by atoms with Gasteiger partial charge < -0.3 is 20.9 Å². The molecule has 1 rings (SSSR count). The highest BCUT2D eigenvalue weighted by Gasteiger charge is 2.03. The molecule has 1 aromatic carbocycles. The summed E-state index contributed by atoms with van der Waals surface area (Å²) in [5, 5.41) is 8.23. The third-order valence-electron chi connectivity index (χ3n) is 2.57. The van der Waals surface area contributed by atoms with Crippen LogP contribution in [0.15, 0.2) is 24.3 Å². The highest BCUT2D eigenvalue weighted by Crippen LogP contribution is 2.15. The largest absolute Gasteiger partial charge is 0.337 e. The maximum absolute atomic E-state index is 11.7. The molecule has 0 saturated carbocycles. The molecule has 0 atom stereocenters. The van der Waals surface area contributed by atoms with Crippen LogP contribution in [0, 0.1) is 0 Å². The summed E-state index contributed by atoms with van der Waals surface area (Å²) >= 11 is 0. The maximum atomic E-state index is 11.7. The molecule has 0 heterocycles. The van der Waals surface area contributed by atoms with Crippen molar-refractivity contribution in [1.82, 2.24) is 10.2 Å². The number of nitrogens with zero attached hydrogens (tertiary/aromatic N) is 1. The van der Waals surface area contributed by atoms with Crippen molar-refractivity contribution in [3.63, 3.8) is 0 Å². The molecule has 0 spiro atoms. The standard InChI is InChI=1S/C14H22N4O2/c1-4-13(19)16-11-6-5-7-12(10-11)17-14(20)15-8-9-18(2)3/h5-7,10H,4,8-9H2,1-3H3,(H,16,19)(H2,15,17,20). The fourth-order valence-electron chi connectivity index (χ4n) is 1.49. The number of carbonyl (C=O) groups is 2. The topological polar surface area (TPSA) is 73.5 Å². The zero-order valence-corrected chi connectivity index (χ0v) is 12.2. The van der Waals surface area contributed by atoms with Gasteiger partial charge in [0.25, 0.3) is 0 Å². The van der Waals surface area contributed by atoms with E-state index in [1.165, 1.54) is 0 Å². The third-order valence-corrected chi connectivity index (χ3v) is 2.57. The second-order valence-electron chi connectivity index (χ2n) is 4.67. The first-order valence-corrected chi connectivity index (χ1v) is 6.60. The lowest BCUT2D eigenvalue weighted by molar-refractivity contribution is -0.115. The summed E-state index contributed by atoms with van der Waals surface area (Å²) < 4.78 is 0. The number of hydrogen-bond acceptors (Lipinski definition) is 3. The van der Waals surface area contributed by atoms with Gasteiger partial charge in [-0.2, -0.15) is 0 Å². The van der Waals surface area contributed by atoms with E-state index in [0.717, 1.165) is 6.54 Å². The number of hydrogen-bond donors (Lipinski definition) is 3. The number of rotatable bonds is 6. The monoisotopic (exact) mass is 278 g/mol. The van der Waals surface area contributed by atoms with Crippen molar-refractivity contribution in [3.05, 3.63) is 24.3 Å². The molecule has 0 radical (unpaired) electrons. The molecule has 0 aliphatic heterocycles. The van der Waals surface area contributed by atoms with Crippen LogP contribution in [0.5, 0.6) is 0 Å². The van der Waals surface area contributed by atoms with Crippen LogP contribution in [0.3, 0.4) is 0 Å². The van der Waals surface area contributed by atoms with Gasteiger partial charge in [0.2, 0.25) is 5.91 Å². The Morgan fingerprint density at radius 2 is 1.80 bits per heavy atom. The van der Waals surface area contributed by atoms with Crippen LogP contribution in [0.1, 0.15) is 13.3 Å². The molecule has 3 N–H and O–H groups in total. The number of amides is 3. The zero-order chi connectivity index (χ0) is 15.0. The smallest absolute Gasteiger partial charge is 0.319 e. The number of likely N-dealkylation sites (N-methyl/N-ethyl adjacent to an activating group) is 1. The molecular weight excluding hydrogens is 256 g/mol. The molecular formula is C14H22N4O2. The molecule has 0 aliphatic carbocycles. The first-order valence-electron chi connectivity index (χ1n) is 6.60. The van der Waals surface area contributed by atoms with Crippen molar-refractivity contribution in [2.24, 2.45) is 0 Å². The van der Waals surface area contributed by atoms with Crippen LogP contribution in [-0.2, 0) is 4.79 Å². The number of benzene rings is 1. The van der Waals surface area contributed by atoms with Crippen LogP contribution in [0.25, 0.3) is 0 Å². The minimum atomic E-state index is -0.259. The molecule has 0 aliphatic rings. The summed E-state index contributed by atoms with van der Waals surface area (Å²) in [4.78, 5) is 24.9. The van der Waals surface area contributed by atoms with Gasteiger partial charge in [-0.1, -0.05) is 13.0 Å². The lowest BCUT2D eigenvalue weighted by atomic mass is 10.2. The number of carbonyl (C=O) groups excluding carboxylic acids is 2. The molecule has 110 valence electrons. The van der Waals surface area contributed by atoms with E-state index >= 15 is 0 Å². The lowest BCUT2D eigenvalue weighted by Gasteiger charge is -2.12. The quantitative estimate of drug-likeness (QED) is 0.742. The molecule has 0 aromatic heterocycles. The molecule has 1 aromatic rings. The van der Waals surface area contributed by atoms with Crippen molar-refractivity contribution in [2.45, 2.75) is 13.3 Å². The lowest BCUT2D eigenvalue weighted by Crippen LogP contribution is -2.34. The van der Waals surface area contributed by atoms with Crippen LogP contribution in [0.4, 0.5) is 16.2 Å². The Labute approximate surface area is 119 Å². The van der Waals surface area contributed by atoms with Crippen LogP contribution < -0.4 is 16.0 Å². The maximum Gasteiger partial charge on any atom is 0.319 e. The second kappa shape index (κ2) is 8.16. The predicted octanol–water partition coefficient (Wildman–Crippen LogP) is 1.72. The van der Waals surface area contributed by atoms with Gasteiger partial charge >= 0.3 is 6.03 Å². The van der Waals surface area contributed by atoms with Crippen LogP contribution in [-0.4, -0.2) is 44.0 Å². The van der Waals surface area contributed by atoms with E-state index in [-0.39, 0.29) is 11.9 Å². The Morgan fingerprint density at radius 1 is 1.15 bits per heavy atom. The minimum Gasteiger partial charge on any atom is -0.337 e. The molecule has 20 heavy (non-hydrogen) atoms. The van der Waals surface area contributed by atoms with Crippen molar-refractivity contribution in [3.8, 4) is 0 Å². The van der Waals surface area contributed by atoms with Crippen molar-refractivity contribution in [1.29, 1.82) is 0 Å². The summed E-state index contributed by atoms with van der Waals surface area (Å²) in [6.45, 7) is 3.14. The Morgan fingerprint density at radius 3 is 2.40 bits per heavy atom. The summed E-state index contributed by atoms with van der Waals surface area (Å²) in [5.74, 6) is -0.0578. The fourth-order valence-corrected chi connectivity index (χ4v) is 1.49. The van der Waals surface area contributed by atoms with Gasteiger partial charge in [-0.05, 0) is 32.3 Å². The van der Waals surface area contributed by atoms with Gasteiger partial charge in [-0.25, -0.2) is 4.79 Å². The summed E-state index contributed by atoms with van der Waals surface area (Å²) in [6, 6.07) is 6.79. The Bertz CT molecular complexity index is 460. The first kappa shape index (κ1) is 16.0. The van der Waals surface area contributed by atoms with E-state index in [1.54, 1.807) is 31.2 Å². The summed E-state index contributed by atoms with van der Waals surface area (Å²) in [5.41, 5.74) is 1.31. The van der Waals surface area contributed by atoms with Crippen molar-refractivity contribution in [2.75, 3.05) is 37.8 Å². The molecule has 0 unspecified atom stereocenters. The first-order chi connectivity index (χ1) is 9.51. The third kappa shape index (κ3) is 6.19. The molecule has 6 heteroatoms. The van der Waals surface area contributed by atoms with Gasteiger partial charge in [0.1, 0.15) is 0 Å². The van der Waals surface area contributed by atoms with Gasteiger partial charge in [-0.3, -0.25) is 4.79 Å². The van der Waals surface area contributed by atoms with Crippen molar-refractivity contribution < 1.29 is 9.59 Å². The Balaban J connectivity index is 2.49. The van der Waals surface area contributed by atoms with Gasteiger partial charge in [0.15, 0.2) is 0 Å². The summed E-state index contributed by atoms with van der Waals surface area (Å²) in [7, 11) is 3.89. The molecule has 0 saturated heterocycles. The predicted molar refractivity (Wildman–Crippen MR) is 80.9 cm³/mol. The van der Waals surface area contributed by atoms with Gasteiger partial charge in [0, 0.05) is 30.9 Å². The fraction of sp³-hybridized carbons (Fsp3) is 0.429. The van der Waals surface area contributed by atoms with E-state index in [1.807, 2.05) is 19.0 Å². The normalized spacial score (nSPS) is 10.2. The number of anilines is 2. The average molecular weight is 278 g/mol. The Kier molecular flexibility index (Phi) is 6.52. The van der Waals surface area contributed by atoms with Gasteiger partial charge in [0.05, 0.1) is 0 Å². The molecule has 3 amide bonds.